The van der Waals surface area contributed by atoms with Crippen LogP contribution in [0.3, 0.4) is 0 Å². The Balaban J connectivity index is 2.38. The molecule has 20 heavy (non-hydrogen) atoms. The lowest BCUT2D eigenvalue weighted by Gasteiger charge is -2.12. The summed E-state index contributed by atoms with van der Waals surface area (Å²) in [6, 6.07) is 3.76. The van der Waals surface area contributed by atoms with E-state index in [0.29, 0.717) is 38.5 Å². The number of rotatable bonds is 8. The van der Waals surface area contributed by atoms with E-state index in [4.69, 9.17) is 21.1 Å². The molecule has 114 valence electrons. The molecular formula is C13H17ClF3NO2. The average molecular weight is 312 g/mol. The lowest BCUT2D eigenvalue weighted by molar-refractivity contribution is -0.137. The van der Waals surface area contributed by atoms with Crippen molar-refractivity contribution in [2.24, 2.45) is 0 Å². The summed E-state index contributed by atoms with van der Waals surface area (Å²) in [5.74, 6) is 0. The van der Waals surface area contributed by atoms with Crippen molar-refractivity contribution in [1.29, 1.82) is 0 Å². The van der Waals surface area contributed by atoms with E-state index in [1.807, 2.05) is 0 Å². The first-order valence-electron chi connectivity index (χ1n) is 6.12. The number of nitrogens with one attached hydrogen (secondary N) is 1. The molecule has 0 atom stereocenters. The Morgan fingerprint density at radius 1 is 1.20 bits per heavy atom. The maximum absolute atomic E-state index is 12.6. The van der Waals surface area contributed by atoms with Crippen molar-refractivity contribution in [3.05, 3.63) is 28.8 Å². The van der Waals surface area contributed by atoms with Crippen LogP contribution in [0.2, 0.25) is 5.02 Å². The van der Waals surface area contributed by atoms with Gasteiger partial charge < -0.3 is 14.8 Å². The van der Waals surface area contributed by atoms with Crippen LogP contribution < -0.4 is 5.32 Å². The minimum absolute atomic E-state index is 0.300. The van der Waals surface area contributed by atoms with Gasteiger partial charge in [0.25, 0.3) is 0 Å². The first-order valence-corrected chi connectivity index (χ1v) is 6.50. The van der Waals surface area contributed by atoms with Gasteiger partial charge in [0.1, 0.15) is 0 Å². The van der Waals surface area contributed by atoms with Crippen LogP contribution in [0.4, 0.5) is 18.9 Å². The Kier molecular flexibility index (Phi) is 7.12. The Bertz CT molecular complexity index is 413. The van der Waals surface area contributed by atoms with Gasteiger partial charge in [-0.25, -0.2) is 0 Å². The van der Waals surface area contributed by atoms with Crippen LogP contribution in [0.1, 0.15) is 12.0 Å². The molecule has 0 radical (unpaired) electrons. The summed E-state index contributed by atoms with van der Waals surface area (Å²) in [5.41, 5.74) is -0.445. The second-order valence-electron chi connectivity index (χ2n) is 4.08. The molecule has 3 nitrogen and oxygen atoms in total. The quantitative estimate of drug-likeness (QED) is 0.740. The van der Waals surface area contributed by atoms with Gasteiger partial charge in [0, 0.05) is 25.9 Å². The van der Waals surface area contributed by atoms with Gasteiger partial charge in [0.15, 0.2) is 0 Å². The highest BCUT2D eigenvalue weighted by atomic mass is 35.5. The number of ether oxygens (including phenoxy) is 2. The Hall–Kier alpha value is -0.980. The fourth-order valence-electron chi connectivity index (χ4n) is 1.50. The first-order chi connectivity index (χ1) is 9.45. The van der Waals surface area contributed by atoms with Crippen molar-refractivity contribution in [3.63, 3.8) is 0 Å². The highest BCUT2D eigenvalue weighted by Crippen LogP contribution is 2.36. The van der Waals surface area contributed by atoms with E-state index in [0.717, 1.165) is 6.07 Å². The molecule has 1 aromatic carbocycles. The van der Waals surface area contributed by atoms with Gasteiger partial charge in [-0.3, -0.25) is 0 Å². The number of halogens is 4. The number of alkyl halides is 3. The summed E-state index contributed by atoms with van der Waals surface area (Å²) in [6.45, 7) is 2.08. The normalized spacial score (nSPS) is 11.7. The molecule has 1 rings (SSSR count). The topological polar surface area (TPSA) is 30.5 Å². The van der Waals surface area contributed by atoms with Crippen molar-refractivity contribution in [1.82, 2.24) is 0 Å². The molecule has 0 heterocycles. The van der Waals surface area contributed by atoms with Crippen LogP contribution in [0.15, 0.2) is 18.2 Å². The molecule has 7 heteroatoms. The van der Waals surface area contributed by atoms with Gasteiger partial charge in [-0.05, 0) is 24.6 Å². The van der Waals surface area contributed by atoms with Crippen molar-refractivity contribution >= 4 is 17.3 Å². The summed E-state index contributed by atoms with van der Waals surface area (Å²) >= 11 is 5.53. The summed E-state index contributed by atoms with van der Waals surface area (Å²) in [6.07, 6.45) is -3.76. The van der Waals surface area contributed by atoms with E-state index in [9.17, 15) is 13.2 Å². The zero-order chi connectivity index (χ0) is 15.0. The standard InChI is InChI=1S/C13H17ClF3NO2/c1-19-7-8-20-6-2-5-18-10-3-4-12(14)11(9-10)13(15,16)17/h3-4,9,18H,2,5-8H2,1H3. The van der Waals surface area contributed by atoms with Gasteiger partial charge in [-0.1, -0.05) is 11.6 Å². The first kappa shape index (κ1) is 17.1. The lowest BCUT2D eigenvalue weighted by atomic mass is 10.2. The highest BCUT2D eigenvalue weighted by molar-refractivity contribution is 6.31. The van der Waals surface area contributed by atoms with E-state index in [1.165, 1.54) is 12.1 Å². The van der Waals surface area contributed by atoms with E-state index in [-0.39, 0.29) is 5.02 Å². The predicted octanol–water partition coefficient (Wildman–Crippen LogP) is 3.82. The van der Waals surface area contributed by atoms with Crippen LogP contribution in [-0.2, 0) is 15.7 Å². The van der Waals surface area contributed by atoms with Crippen LogP contribution in [0, 0.1) is 0 Å². The third kappa shape index (κ3) is 5.98. The summed E-state index contributed by atoms with van der Waals surface area (Å²) in [7, 11) is 1.59. The molecule has 0 bridgehead atoms. The Labute approximate surface area is 121 Å². The van der Waals surface area contributed by atoms with Gasteiger partial charge in [0.2, 0.25) is 0 Å². The third-order valence-electron chi connectivity index (χ3n) is 2.50. The third-order valence-corrected chi connectivity index (χ3v) is 2.83. The van der Waals surface area contributed by atoms with Gasteiger partial charge in [-0.2, -0.15) is 13.2 Å². The smallest absolute Gasteiger partial charge is 0.385 e. The molecule has 0 spiro atoms. The maximum atomic E-state index is 12.6. The maximum Gasteiger partial charge on any atom is 0.417 e. The van der Waals surface area contributed by atoms with Crippen LogP contribution in [-0.4, -0.2) is 33.5 Å². The molecule has 0 unspecified atom stereocenters. The summed E-state index contributed by atoms with van der Waals surface area (Å²) in [4.78, 5) is 0. The minimum Gasteiger partial charge on any atom is -0.385 e. The summed E-state index contributed by atoms with van der Waals surface area (Å²) in [5, 5.41) is 2.61. The van der Waals surface area contributed by atoms with E-state index in [1.54, 1.807) is 7.11 Å². The zero-order valence-electron chi connectivity index (χ0n) is 11.1. The molecule has 0 aliphatic heterocycles. The van der Waals surface area contributed by atoms with Crippen molar-refractivity contribution in [2.45, 2.75) is 12.6 Å². The number of benzene rings is 1. The average Bonchev–Trinajstić information content (AvgIpc) is 2.38. The number of methoxy groups -OCH3 is 1. The number of anilines is 1. The fourth-order valence-corrected chi connectivity index (χ4v) is 1.73. The van der Waals surface area contributed by atoms with Crippen LogP contribution in [0.25, 0.3) is 0 Å². The molecule has 0 amide bonds. The van der Waals surface area contributed by atoms with Crippen LogP contribution >= 0.6 is 11.6 Å². The fraction of sp³-hybridized carbons (Fsp3) is 0.538. The zero-order valence-corrected chi connectivity index (χ0v) is 11.9. The largest absolute Gasteiger partial charge is 0.417 e. The Morgan fingerprint density at radius 3 is 2.60 bits per heavy atom. The van der Waals surface area contributed by atoms with E-state index < -0.39 is 11.7 Å². The molecule has 0 aromatic heterocycles. The molecule has 0 saturated heterocycles. The molecule has 1 N–H and O–H groups in total. The lowest BCUT2D eigenvalue weighted by Crippen LogP contribution is -2.10. The van der Waals surface area contributed by atoms with E-state index in [2.05, 4.69) is 5.32 Å². The molecule has 0 fully saturated rings. The van der Waals surface area contributed by atoms with E-state index >= 15 is 0 Å². The minimum atomic E-state index is -4.45. The highest BCUT2D eigenvalue weighted by Gasteiger charge is 2.33. The van der Waals surface area contributed by atoms with Crippen molar-refractivity contribution < 1.29 is 22.6 Å². The number of hydrogen-bond acceptors (Lipinski definition) is 3. The van der Waals surface area contributed by atoms with Crippen molar-refractivity contribution in [3.8, 4) is 0 Å². The van der Waals surface area contributed by atoms with Gasteiger partial charge in [0.05, 0.1) is 23.8 Å². The Morgan fingerprint density at radius 2 is 1.95 bits per heavy atom. The predicted molar refractivity (Wildman–Crippen MR) is 72.3 cm³/mol. The molecular weight excluding hydrogens is 295 g/mol. The second kappa shape index (κ2) is 8.34. The van der Waals surface area contributed by atoms with Crippen LogP contribution in [0.5, 0.6) is 0 Å². The monoisotopic (exact) mass is 311 g/mol. The van der Waals surface area contributed by atoms with Gasteiger partial charge >= 0.3 is 6.18 Å². The SMILES string of the molecule is COCCOCCCNc1ccc(Cl)c(C(F)(F)F)c1. The van der Waals surface area contributed by atoms with Crippen molar-refractivity contribution in [2.75, 3.05) is 38.8 Å². The molecule has 0 aliphatic carbocycles. The molecule has 1 aromatic rings. The molecule has 0 aliphatic rings. The molecule has 0 saturated carbocycles. The number of hydrogen-bond donors (Lipinski definition) is 1. The summed E-state index contributed by atoms with van der Waals surface area (Å²) < 4.78 is 48.0. The van der Waals surface area contributed by atoms with Gasteiger partial charge in [-0.15, -0.1) is 0 Å². The second-order valence-corrected chi connectivity index (χ2v) is 4.49.